The number of amidine groups is 1. The number of thioether (sulfide) groups is 1. The van der Waals surface area contributed by atoms with Gasteiger partial charge >= 0.3 is 0 Å². The lowest BCUT2D eigenvalue weighted by Gasteiger charge is -2.17. The lowest BCUT2D eigenvalue weighted by Crippen LogP contribution is -2.29. The second kappa shape index (κ2) is 13.4. The van der Waals surface area contributed by atoms with E-state index in [2.05, 4.69) is 79.4 Å². The molecule has 0 amide bonds. The summed E-state index contributed by atoms with van der Waals surface area (Å²) in [5, 5.41) is 3.65. The molecule has 0 fully saturated rings. The highest BCUT2D eigenvalue weighted by atomic mass is 32.2. The fourth-order valence-corrected chi connectivity index (χ4v) is 4.93. The Morgan fingerprint density at radius 3 is 2.55 bits per heavy atom. The molecule has 1 aromatic heterocycles. The lowest BCUT2D eigenvalue weighted by atomic mass is 10.1. The molecule has 1 aliphatic heterocycles. The van der Waals surface area contributed by atoms with Crippen molar-refractivity contribution in [1.82, 2.24) is 15.3 Å². The van der Waals surface area contributed by atoms with Crippen LogP contribution in [0.4, 0.5) is 0 Å². The minimum Gasteiger partial charge on any atom is -0.363 e. The van der Waals surface area contributed by atoms with Gasteiger partial charge in [-0.25, -0.2) is 4.98 Å². The molecule has 33 heavy (non-hydrogen) atoms. The molecular formula is C28H40N4S. The SMILES string of the molecule is CC(C)=CCC/C(C)=C/CC/C(C)=C/CSCC(NC1=NCCC1)c1nc2ccccc2[nH]1. The number of H-pyrrole nitrogens is 1. The summed E-state index contributed by atoms with van der Waals surface area (Å²) < 4.78 is 0. The van der Waals surface area contributed by atoms with Crippen LogP contribution in [0.15, 0.2) is 64.2 Å². The van der Waals surface area contributed by atoms with Crippen LogP contribution < -0.4 is 5.32 Å². The second-order valence-electron chi connectivity index (χ2n) is 9.27. The number of hydrogen-bond acceptors (Lipinski definition) is 4. The van der Waals surface area contributed by atoms with Crippen LogP contribution in [0.1, 0.15) is 78.1 Å². The molecule has 5 heteroatoms. The highest BCUT2D eigenvalue weighted by molar-refractivity contribution is 7.99. The van der Waals surface area contributed by atoms with Crippen molar-refractivity contribution < 1.29 is 0 Å². The number of nitrogens with zero attached hydrogens (tertiary/aromatic N) is 2. The van der Waals surface area contributed by atoms with Gasteiger partial charge in [0.2, 0.25) is 0 Å². The molecule has 1 aliphatic rings. The zero-order valence-corrected chi connectivity index (χ0v) is 21.6. The number of aromatic amines is 1. The summed E-state index contributed by atoms with van der Waals surface area (Å²) in [7, 11) is 0. The van der Waals surface area contributed by atoms with Gasteiger partial charge in [0.25, 0.3) is 0 Å². The third kappa shape index (κ3) is 8.88. The lowest BCUT2D eigenvalue weighted by molar-refractivity contribution is 0.680. The van der Waals surface area contributed by atoms with Crippen molar-refractivity contribution in [3.05, 3.63) is 65.0 Å². The van der Waals surface area contributed by atoms with Crippen molar-refractivity contribution in [3.63, 3.8) is 0 Å². The number of para-hydroxylation sites is 2. The average molecular weight is 465 g/mol. The van der Waals surface area contributed by atoms with Gasteiger partial charge in [0.1, 0.15) is 5.82 Å². The van der Waals surface area contributed by atoms with Gasteiger partial charge in [0.15, 0.2) is 0 Å². The van der Waals surface area contributed by atoms with Gasteiger partial charge in [-0.1, -0.05) is 47.1 Å². The van der Waals surface area contributed by atoms with E-state index in [1.807, 2.05) is 17.8 Å². The predicted octanol–water partition coefficient (Wildman–Crippen LogP) is 7.54. The molecule has 0 spiro atoms. The maximum absolute atomic E-state index is 4.84. The van der Waals surface area contributed by atoms with Gasteiger partial charge in [-0.05, 0) is 71.9 Å². The predicted molar refractivity (Wildman–Crippen MR) is 146 cm³/mol. The normalized spacial score (nSPS) is 15.6. The molecular weight excluding hydrogens is 424 g/mol. The number of benzene rings is 1. The van der Waals surface area contributed by atoms with Gasteiger partial charge < -0.3 is 10.3 Å². The van der Waals surface area contributed by atoms with E-state index in [4.69, 9.17) is 4.98 Å². The minimum absolute atomic E-state index is 0.152. The standard InChI is InChI=1S/C28H40N4S/c1-21(2)10-7-11-22(3)12-8-13-23(4)17-19-33-20-26(30-27-16-9-18-29-27)28-31-24-14-5-6-15-25(24)32-28/h5-6,10,12,14-15,17,26H,7-9,11,13,16,18-20H2,1-4H3,(H,29,30)(H,31,32)/b22-12+,23-17+. The van der Waals surface area contributed by atoms with Crippen LogP contribution in [0, 0.1) is 0 Å². The zero-order valence-electron chi connectivity index (χ0n) is 20.8. The quantitative estimate of drug-likeness (QED) is 0.252. The molecule has 0 saturated heterocycles. The zero-order chi connectivity index (χ0) is 23.5. The summed E-state index contributed by atoms with van der Waals surface area (Å²) in [6.45, 7) is 9.79. The topological polar surface area (TPSA) is 53.1 Å². The maximum atomic E-state index is 4.84. The van der Waals surface area contributed by atoms with Crippen molar-refractivity contribution in [2.24, 2.45) is 4.99 Å². The third-order valence-corrected chi connectivity index (χ3v) is 6.88. The number of imidazole rings is 1. The van der Waals surface area contributed by atoms with E-state index in [1.165, 1.54) is 23.1 Å². The first kappa shape index (κ1) is 25.4. The Morgan fingerprint density at radius 1 is 1.06 bits per heavy atom. The van der Waals surface area contributed by atoms with Gasteiger partial charge in [0.05, 0.1) is 22.9 Å². The van der Waals surface area contributed by atoms with Gasteiger partial charge in [-0.3, -0.25) is 4.99 Å². The third-order valence-electron chi connectivity index (χ3n) is 5.91. The molecule has 2 aromatic rings. The van der Waals surface area contributed by atoms with Gasteiger partial charge in [-0.2, -0.15) is 11.8 Å². The van der Waals surface area contributed by atoms with Crippen LogP contribution in [0.25, 0.3) is 11.0 Å². The molecule has 0 bridgehead atoms. The molecule has 1 atom stereocenters. The highest BCUT2D eigenvalue weighted by Gasteiger charge is 2.18. The fraction of sp³-hybridized carbons (Fsp3) is 0.500. The molecule has 0 aliphatic carbocycles. The summed E-state index contributed by atoms with van der Waals surface area (Å²) >= 11 is 1.96. The number of aromatic nitrogens is 2. The summed E-state index contributed by atoms with van der Waals surface area (Å²) in [6, 6.07) is 8.40. The van der Waals surface area contributed by atoms with Gasteiger partial charge in [-0.15, -0.1) is 0 Å². The number of rotatable bonds is 12. The van der Waals surface area contributed by atoms with Crippen molar-refractivity contribution >= 4 is 28.6 Å². The van der Waals surface area contributed by atoms with Crippen molar-refractivity contribution in [1.29, 1.82) is 0 Å². The molecule has 1 unspecified atom stereocenters. The molecule has 178 valence electrons. The Hall–Kier alpha value is -2.27. The Balaban J connectivity index is 1.47. The number of fused-ring (bicyclic) bond motifs is 1. The van der Waals surface area contributed by atoms with Crippen molar-refractivity contribution in [2.45, 2.75) is 72.3 Å². The Labute approximate surface area is 204 Å². The van der Waals surface area contributed by atoms with E-state index < -0.39 is 0 Å². The molecule has 3 rings (SSSR count). The van der Waals surface area contributed by atoms with E-state index in [9.17, 15) is 0 Å². The molecule has 1 aromatic carbocycles. The van der Waals surface area contributed by atoms with E-state index in [0.29, 0.717) is 0 Å². The van der Waals surface area contributed by atoms with E-state index >= 15 is 0 Å². The van der Waals surface area contributed by atoms with Crippen LogP contribution in [-0.2, 0) is 0 Å². The second-order valence-corrected chi connectivity index (χ2v) is 10.3. The molecule has 2 heterocycles. The van der Waals surface area contributed by atoms with E-state index in [-0.39, 0.29) is 6.04 Å². The first-order valence-corrected chi connectivity index (χ1v) is 13.4. The number of allylic oxidation sites excluding steroid dienone is 5. The summed E-state index contributed by atoms with van der Waals surface area (Å²) in [4.78, 5) is 13.0. The van der Waals surface area contributed by atoms with Crippen LogP contribution in [0.5, 0.6) is 0 Å². The first-order valence-electron chi connectivity index (χ1n) is 12.3. The van der Waals surface area contributed by atoms with Crippen molar-refractivity contribution in [3.8, 4) is 0 Å². The largest absolute Gasteiger partial charge is 0.363 e. The summed E-state index contributed by atoms with van der Waals surface area (Å²) in [5.74, 6) is 4.12. The molecule has 4 nitrogen and oxygen atoms in total. The Kier molecular flexibility index (Phi) is 10.3. The van der Waals surface area contributed by atoms with Gasteiger partial charge in [0, 0.05) is 24.5 Å². The van der Waals surface area contributed by atoms with Crippen LogP contribution in [0.2, 0.25) is 0 Å². The minimum atomic E-state index is 0.152. The van der Waals surface area contributed by atoms with Crippen LogP contribution >= 0.6 is 11.8 Å². The molecule has 2 N–H and O–H groups in total. The Morgan fingerprint density at radius 2 is 1.82 bits per heavy atom. The number of aliphatic imine (C=N–C) groups is 1. The average Bonchev–Trinajstić information content (AvgIpc) is 3.45. The monoisotopic (exact) mass is 464 g/mol. The summed E-state index contributed by atoms with van der Waals surface area (Å²) in [6.07, 6.45) is 13.9. The van der Waals surface area contributed by atoms with E-state index in [1.54, 1.807) is 0 Å². The maximum Gasteiger partial charge on any atom is 0.130 e. The highest BCUT2D eigenvalue weighted by Crippen LogP contribution is 2.22. The molecule has 0 radical (unpaired) electrons. The fourth-order valence-electron chi connectivity index (χ4n) is 3.91. The van der Waals surface area contributed by atoms with Crippen molar-refractivity contribution in [2.75, 3.05) is 18.1 Å². The van der Waals surface area contributed by atoms with Crippen LogP contribution in [0.3, 0.4) is 0 Å². The number of nitrogens with one attached hydrogen (secondary N) is 2. The first-order chi connectivity index (χ1) is 16.0. The van der Waals surface area contributed by atoms with E-state index in [0.717, 1.165) is 72.8 Å². The summed E-state index contributed by atoms with van der Waals surface area (Å²) in [5.41, 5.74) is 6.51. The molecule has 0 saturated carbocycles. The smallest absolute Gasteiger partial charge is 0.130 e. The van der Waals surface area contributed by atoms with Crippen LogP contribution in [-0.4, -0.2) is 33.9 Å². The number of hydrogen-bond donors (Lipinski definition) is 2. The Bertz CT molecular complexity index is 975.